The van der Waals surface area contributed by atoms with E-state index in [4.69, 9.17) is 20.4 Å². The molecule has 4 aromatic rings. The van der Waals surface area contributed by atoms with Gasteiger partial charge in [0, 0.05) is 6.20 Å². The number of nitrogens with zero attached hydrogens (tertiary/aromatic N) is 3. The number of aliphatic carboxylic acids is 2. The average molecular weight is 693 g/mol. The highest BCUT2D eigenvalue weighted by molar-refractivity contribution is 6.10. The van der Waals surface area contributed by atoms with Crippen LogP contribution in [0.2, 0.25) is 0 Å². The highest BCUT2D eigenvalue weighted by Gasteiger charge is 2.38. The number of rotatable bonds is 12. The molecular formula is C36H35F3N4O7. The fourth-order valence-corrected chi connectivity index (χ4v) is 5.32. The molecule has 1 unspecified atom stereocenters. The van der Waals surface area contributed by atoms with Gasteiger partial charge in [0.25, 0.3) is 5.91 Å². The molecule has 1 aromatic heterocycles. The van der Waals surface area contributed by atoms with Gasteiger partial charge in [-0.3, -0.25) is 14.4 Å². The van der Waals surface area contributed by atoms with E-state index in [0.29, 0.717) is 41.4 Å². The second kappa shape index (κ2) is 17.0. The molecule has 1 aliphatic rings. The number of hydrogen-bond acceptors (Lipinski definition) is 7. The Morgan fingerprint density at radius 2 is 1.56 bits per heavy atom. The highest BCUT2D eigenvalue weighted by atomic mass is 19.4. The predicted molar refractivity (Wildman–Crippen MR) is 177 cm³/mol. The summed E-state index contributed by atoms with van der Waals surface area (Å²) in [6, 6.07) is 27.0. The van der Waals surface area contributed by atoms with E-state index in [9.17, 15) is 32.7 Å². The number of anilines is 2. The Kier molecular flexibility index (Phi) is 12.5. The third-order valence-electron chi connectivity index (χ3n) is 7.72. The molecular weight excluding hydrogens is 657 g/mol. The zero-order valence-electron chi connectivity index (χ0n) is 26.8. The van der Waals surface area contributed by atoms with Gasteiger partial charge in [0.15, 0.2) is 11.6 Å². The van der Waals surface area contributed by atoms with Crippen LogP contribution >= 0.6 is 0 Å². The number of pyridine rings is 1. The first kappa shape index (κ1) is 36.9. The van der Waals surface area contributed by atoms with Crippen molar-refractivity contribution < 1.29 is 47.3 Å². The Bertz CT molecular complexity index is 1790. The van der Waals surface area contributed by atoms with Crippen molar-refractivity contribution in [2.45, 2.75) is 44.4 Å². The number of nitrogen functional groups attached to an aromatic ring is 1. The largest absolute Gasteiger partial charge is 0.490 e. The molecule has 0 bridgehead atoms. The molecule has 2 heterocycles. The summed E-state index contributed by atoms with van der Waals surface area (Å²) in [6.07, 6.45) is -1.54. The van der Waals surface area contributed by atoms with Crippen molar-refractivity contribution in [3.8, 4) is 5.75 Å². The van der Waals surface area contributed by atoms with E-state index in [1.54, 1.807) is 47.5 Å². The van der Waals surface area contributed by atoms with Crippen LogP contribution in [0.4, 0.5) is 24.7 Å². The van der Waals surface area contributed by atoms with Crippen molar-refractivity contribution in [1.82, 2.24) is 9.88 Å². The molecule has 1 atom stereocenters. The first-order valence-electron chi connectivity index (χ1n) is 15.5. The van der Waals surface area contributed by atoms with Crippen molar-refractivity contribution in [2.24, 2.45) is 0 Å². The quantitative estimate of drug-likeness (QED) is 0.153. The van der Waals surface area contributed by atoms with Gasteiger partial charge in [-0.2, -0.15) is 13.2 Å². The molecule has 50 heavy (non-hydrogen) atoms. The summed E-state index contributed by atoms with van der Waals surface area (Å²) in [5, 5.41) is 16.9. The summed E-state index contributed by atoms with van der Waals surface area (Å²) in [5.41, 5.74) is 9.27. The minimum atomic E-state index is -5.08. The summed E-state index contributed by atoms with van der Waals surface area (Å²) in [5.74, 6) is -3.55. The third kappa shape index (κ3) is 10.0. The van der Waals surface area contributed by atoms with E-state index in [1.165, 1.54) is 4.90 Å². The van der Waals surface area contributed by atoms with Crippen molar-refractivity contribution >= 4 is 35.3 Å². The minimum absolute atomic E-state index is 0.239. The van der Waals surface area contributed by atoms with Crippen molar-refractivity contribution in [1.29, 1.82) is 0 Å². The fraction of sp³-hybridized carbons (Fsp3) is 0.250. The zero-order valence-corrected chi connectivity index (χ0v) is 26.8. The van der Waals surface area contributed by atoms with Gasteiger partial charge in [-0.15, -0.1) is 0 Å². The van der Waals surface area contributed by atoms with E-state index in [-0.39, 0.29) is 31.3 Å². The lowest BCUT2D eigenvalue weighted by atomic mass is 9.99. The summed E-state index contributed by atoms with van der Waals surface area (Å²) in [7, 11) is 0. The number of carboxylic acid groups (broad SMARTS) is 2. The number of aromatic nitrogens is 1. The number of carbonyl (C=O) groups is 4. The molecule has 0 saturated heterocycles. The second-order valence-electron chi connectivity index (χ2n) is 11.3. The van der Waals surface area contributed by atoms with E-state index >= 15 is 0 Å². The molecule has 0 fully saturated rings. The number of carboxylic acids is 2. The van der Waals surface area contributed by atoms with Crippen LogP contribution in [-0.2, 0) is 27.3 Å². The Morgan fingerprint density at radius 1 is 0.900 bits per heavy atom. The normalized spacial score (nSPS) is 13.4. The third-order valence-corrected chi connectivity index (χ3v) is 7.72. The maximum atomic E-state index is 14.2. The zero-order chi connectivity index (χ0) is 36.3. The van der Waals surface area contributed by atoms with Crippen molar-refractivity contribution in [2.75, 3.05) is 23.8 Å². The molecule has 0 aliphatic carbocycles. The van der Waals surface area contributed by atoms with Gasteiger partial charge in [0.05, 0.1) is 36.9 Å². The molecule has 5 rings (SSSR count). The van der Waals surface area contributed by atoms with Gasteiger partial charge in [-0.25, -0.2) is 9.78 Å². The van der Waals surface area contributed by atoms with Crippen LogP contribution in [0.3, 0.4) is 0 Å². The topological polar surface area (TPSA) is 163 Å². The number of ether oxygens (including phenoxy) is 1. The summed E-state index contributed by atoms with van der Waals surface area (Å²) in [4.78, 5) is 55.9. The number of halogens is 3. The van der Waals surface area contributed by atoms with Crippen molar-refractivity contribution in [3.05, 3.63) is 119 Å². The SMILES string of the molecule is Nc1ncccc1OCCCCc1ccc2c(c1)C(=O)N(C(CC(=O)O)c1ccccc1)CC(=O)N2Cc1ccccc1.O=C(O)C(F)(F)F. The van der Waals surface area contributed by atoms with Gasteiger partial charge >= 0.3 is 18.1 Å². The molecule has 11 nitrogen and oxygen atoms in total. The monoisotopic (exact) mass is 692 g/mol. The van der Waals surface area contributed by atoms with Crippen LogP contribution < -0.4 is 15.4 Å². The predicted octanol–water partition coefficient (Wildman–Crippen LogP) is 5.90. The Labute approximate surface area is 285 Å². The van der Waals surface area contributed by atoms with Gasteiger partial charge in [0.2, 0.25) is 5.91 Å². The van der Waals surface area contributed by atoms with E-state index in [0.717, 1.165) is 24.0 Å². The molecule has 1 aliphatic heterocycles. The number of amides is 2. The molecule has 262 valence electrons. The van der Waals surface area contributed by atoms with Crippen LogP contribution in [0.1, 0.15) is 52.4 Å². The fourth-order valence-electron chi connectivity index (χ4n) is 5.32. The van der Waals surface area contributed by atoms with Crippen LogP contribution in [0, 0.1) is 0 Å². The Hall–Kier alpha value is -5.92. The number of alkyl halides is 3. The summed E-state index contributed by atoms with van der Waals surface area (Å²) >= 11 is 0. The summed E-state index contributed by atoms with van der Waals surface area (Å²) in [6.45, 7) is 0.523. The smallest absolute Gasteiger partial charge is 0.490 e. The van der Waals surface area contributed by atoms with Gasteiger partial charge in [-0.1, -0.05) is 66.7 Å². The highest BCUT2D eigenvalue weighted by Crippen LogP contribution is 2.34. The first-order valence-corrected chi connectivity index (χ1v) is 15.5. The van der Waals surface area contributed by atoms with Gasteiger partial charge < -0.3 is 30.5 Å². The second-order valence-corrected chi connectivity index (χ2v) is 11.3. The Balaban J connectivity index is 0.000000727. The lowest BCUT2D eigenvalue weighted by Crippen LogP contribution is -2.41. The van der Waals surface area contributed by atoms with E-state index in [2.05, 4.69) is 4.98 Å². The van der Waals surface area contributed by atoms with Crippen LogP contribution in [0.25, 0.3) is 0 Å². The maximum absolute atomic E-state index is 14.2. The molecule has 0 radical (unpaired) electrons. The molecule has 2 amide bonds. The maximum Gasteiger partial charge on any atom is 0.490 e. The average Bonchev–Trinajstić information content (AvgIpc) is 3.18. The van der Waals surface area contributed by atoms with Crippen LogP contribution in [0.15, 0.2) is 97.2 Å². The Morgan fingerprint density at radius 3 is 2.18 bits per heavy atom. The molecule has 4 N–H and O–H groups in total. The van der Waals surface area contributed by atoms with Gasteiger partial charge in [0.1, 0.15) is 6.54 Å². The number of unbranched alkanes of at least 4 members (excludes halogenated alkanes) is 1. The molecule has 14 heteroatoms. The van der Waals surface area contributed by atoms with Crippen LogP contribution in [-0.4, -0.2) is 63.2 Å². The molecule has 0 spiro atoms. The standard InChI is InChI=1S/C34H34N4O5.C2HF3O2/c35-33-30(15-9-18-36-33)43-19-8-7-10-24-16-17-28-27(20-24)34(42)38(29(21-32(40)41)26-13-5-2-6-14-26)23-31(39)37(28)22-25-11-3-1-4-12-25;3-2(4,5)1(6)7/h1-6,9,11-18,20,29H,7-8,10,19,21-23H2,(H2,35,36)(H,40,41);(H,6,7). The lowest BCUT2D eigenvalue weighted by molar-refractivity contribution is -0.192. The van der Waals surface area contributed by atoms with E-state index < -0.39 is 24.2 Å². The number of fused-ring (bicyclic) bond motifs is 1. The van der Waals surface area contributed by atoms with Crippen molar-refractivity contribution in [3.63, 3.8) is 0 Å². The first-order chi connectivity index (χ1) is 23.8. The number of hydrogen-bond donors (Lipinski definition) is 3. The molecule has 0 saturated carbocycles. The molecule has 3 aromatic carbocycles. The number of nitrogens with two attached hydrogens (primary N) is 1. The van der Waals surface area contributed by atoms with Gasteiger partial charge in [-0.05, 0) is 60.2 Å². The lowest BCUT2D eigenvalue weighted by Gasteiger charge is -2.30. The number of carbonyl (C=O) groups excluding carboxylic acids is 2. The summed E-state index contributed by atoms with van der Waals surface area (Å²) < 4.78 is 37.5. The van der Waals surface area contributed by atoms with E-state index in [1.807, 2.05) is 54.6 Å². The minimum Gasteiger partial charge on any atom is -0.490 e. The number of benzene rings is 3. The van der Waals surface area contributed by atoms with Crippen LogP contribution in [0.5, 0.6) is 5.75 Å². The number of aryl methyl sites for hydroxylation is 1.